The molecule has 1 aromatic heterocycles. The van der Waals surface area contributed by atoms with Crippen molar-refractivity contribution < 1.29 is 0 Å². The number of thiophene rings is 1. The number of fused-ring (bicyclic) bond motifs is 14. The summed E-state index contributed by atoms with van der Waals surface area (Å²) in [6, 6.07) is 51.5. The Bertz CT molecular complexity index is 3490. The van der Waals surface area contributed by atoms with Gasteiger partial charge in [-0.25, -0.2) is 0 Å². The van der Waals surface area contributed by atoms with Gasteiger partial charge in [0.15, 0.2) is 7.28 Å². The number of anilines is 2. The van der Waals surface area contributed by atoms with E-state index in [4.69, 9.17) is 0 Å². The lowest BCUT2D eigenvalue weighted by Crippen LogP contribution is -2.44. The van der Waals surface area contributed by atoms with Crippen LogP contribution < -0.4 is 16.2 Å². The number of rotatable bonds is 3. The summed E-state index contributed by atoms with van der Waals surface area (Å²) in [5.41, 5.74) is 25.1. The molecule has 1 N–H and O–H groups in total. The lowest BCUT2D eigenvalue weighted by atomic mass is 9.49. The molecule has 1 unspecified atom stereocenters. The van der Waals surface area contributed by atoms with Crippen LogP contribution in [0.15, 0.2) is 133 Å². The van der Waals surface area contributed by atoms with Crippen LogP contribution in [0.3, 0.4) is 0 Å². The van der Waals surface area contributed by atoms with Gasteiger partial charge in [-0.1, -0.05) is 156 Å². The summed E-state index contributed by atoms with van der Waals surface area (Å²) in [6.07, 6.45) is 3.37. The minimum atomic E-state index is -0.170. The Morgan fingerprint density at radius 2 is 1.30 bits per heavy atom. The predicted octanol–water partition coefficient (Wildman–Crippen LogP) is 14.9. The van der Waals surface area contributed by atoms with Crippen molar-refractivity contribution in [2.75, 3.05) is 5.32 Å². The molecule has 0 spiro atoms. The fraction of sp³-hybridized carbons (Fsp3) is 0.233. The van der Waals surface area contributed by atoms with E-state index < -0.39 is 0 Å². The third-order valence-corrected chi connectivity index (χ3v) is 17.2. The summed E-state index contributed by atoms with van der Waals surface area (Å²) in [5.74, 6) is 0.208. The Morgan fingerprint density at radius 1 is 0.571 bits per heavy atom. The van der Waals surface area contributed by atoms with Gasteiger partial charge in [0.2, 0.25) is 0 Å². The summed E-state index contributed by atoms with van der Waals surface area (Å²) in [6.45, 7) is 17.0. The number of nitrogens with one attached hydrogen (secondary N) is 1. The van der Waals surface area contributed by atoms with E-state index in [2.05, 4.69) is 195 Å². The van der Waals surface area contributed by atoms with Crippen LogP contribution in [0.5, 0.6) is 0 Å². The van der Waals surface area contributed by atoms with E-state index in [1.54, 1.807) is 0 Å². The molecule has 0 amide bonds. The van der Waals surface area contributed by atoms with E-state index in [-0.39, 0.29) is 22.2 Å². The van der Waals surface area contributed by atoms with E-state index in [1.165, 1.54) is 144 Å². The van der Waals surface area contributed by atoms with Gasteiger partial charge in [0.05, 0.1) is 0 Å². The number of hydrogen-bond acceptors (Lipinski definition) is 2. The van der Waals surface area contributed by atoms with Crippen LogP contribution in [-0.2, 0) is 22.7 Å². The van der Waals surface area contributed by atoms with Crippen molar-refractivity contribution >= 4 is 71.9 Å². The van der Waals surface area contributed by atoms with Gasteiger partial charge in [-0.15, -0.1) is 11.3 Å². The van der Waals surface area contributed by atoms with Crippen LogP contribution >= 0.6 is 11.3 Å². The first kappa shape index (κ1) is 37.6. The van der Waals surface area contributed by atoms with Gasteiger partial charge < -0.3 is 5.32 Å². The molecule has 1 aliphatic heterocycles. The highest BCUT2D eigenvalue weighted by Gasteiger charge is 2.45. The highest BCUT2D eigenvalue weighted by molar-refractivity contribution is 7.26. The van der Waals surface area contributed by atoms with E-state index in [0.29, 0.717) is 0 Å². The summed E-state index contributed by atoms with van der Waals surface area (Å²) in [5, 5.41) is 9.57. The van der Waals surface area contributed by atoms with Crippen molar-refractivity contribution in [1.82, 2.24) is 0 Å². The molecule has 1 radical (unpaired) electrons. The van der Waals surface area contributed by atoms with Crippen molar-refractivity contribution in [2.24, 2.45) is 0 Å². The van der Waals surface area contributed by atoms with Gasteiger partial charge in [0, 0.05) is 48.4 Å². The summed E-state index contributed by atoms with van der Waals surface area (Å²) in [7, 11) is 2.58. The Kier molecular flexibility index (Phi) is 7.68. The monoisotopic (exact) mass is 828 g/mol. The fourth-order valence-corrected chi connectivity index (χ4v) is 13.9. The third-order valence-electron chi connectivity index (χ3n) is 16.1. The first-order chi connectivity index (χ1) is 30.4. The average molecular weight is 829 g/mol. The first-order valence-corrected chi connectivity index (χ1v) is 23.9. The van der Waals surface area contributed by atoms with Crippen molar-refractivity contribution in [3.63, 3.8) is 0 Å². The lowest BCUT2D eigenvalue weighted by molar-refractivity contribution is 0.332. The molecule has 13 rings (SSSR count). The van der Waals surface area contributed by atoms with Gasteiger partial charge in [-0.05, 0) is 150 Å². The van der Waals surface area contributed by atoms with E-state index >= 15 is 0 Å². The molecule has 0 saturated heterocycles. The molecule has 1 nitrogen and oxygen atoms in total. The molecule has 0 saturated carbocycles. The van der Waals surface area contributed by atoms with Gasteiger partial charge in [0.1, 0.15) is 0 Å². The average Bonchev–Trinajstić information content (AvgIpc) is 3.77. The Labute approximate surface area is 376 Å². The molecule has 3 aliphatic carbocycles. The summed E-state index contributed by atoms with van der Waals surface area (Å²) < 4.78 is 2.66. The molecule has 0 bridgehead atoms. The second kappa shape index (κ2) is 12.9. The van der Waals surface area contributed by atoms with Crippen molar-refractivity contribution in [1.29, 1.82) is 0 Å². The first-order valence-electron chi connectivity index (χ1n) is 23.1. The Morgan fingerprint density at radius 3 is 2.14 bits per heavy atom. The van der Waals surface area contributed by atoms with Crippen molar-refractivity contribution in [3.05, 3.63) is 178 Å². The van der Waals surface area contributed by atoms with E-state index in [9.17, 15) is 0 Å². The molecule has 1 atom stereocenters. The second-order valence-corrected chi connectivity index (χ2v) is 22.0. The summed E-state index contributed by atoms with van der Waals surface area (Å²) in [4.78, 5) is 0. The topological polar surface area (TPSA) is 12.0 Å². The molecule has 0 fully saturated rings. The molecule has 63 heavy (non-hydrogen) atoms. The van der Waals surface area contributed by atoms with E-state index in [1.807, 2.05) is 11.3 Å². The molecule has 8 aromatic carbocycles. The molecule has 305 valence electrons. The molecule has 3 heteroatoms. The van der Waals surface area contributed by atoms with Crippen molar-refractivity contribution in [3.8, 4) is 33.4 Å². The maximum absolute atomic E-state index is 4.20. The molecule has 4 aliphatic rings. The fourth-order valence-electron chi connectivity index (χ4n) is 12.8. The summed E-state index contributed by atoms with van der Waals surface area (Å²) >= 11 is 1.92. The van der Waals surface area contributed by atoms with Crippen LogP contribution in [0.1, 0.15) is 105 Å². The maximum Gasteiger partial charge on any atom is 0.193 e. The minimum Gasteiger partial charge on any atom is -0.355 e. The smallest absolute Gasteiger partial charge is 0.193 e. The quantitative estimate of drug-likeness (QED) is 0.175. The van der Waals surface area contributed by atoms with Crippen LogP contribution in [0.25, 0.3) is 64.3 Å². The molecular weight excluding hydrogens is 778 g/mol. The predicted molar refractivity (Wildman–Crippen MR) is 272 cm³/mol. The second-order valence-electron chi connectivity index (χ2n) is 20.9. The van der Waals surface area contributed by atoms with Gasteiger partial charge >= 0.3 is 0 Å². The SMILES string of the molecule is Cc1cc2c(cc1Nc1ccc3sc4ccccc4c3c1-c1cc3c(c4c1[B]c1cccc5c1C4Cc1c-5ccc4ccccc14)C(C)(C)c1ccccc1-3)C(C)(C)CCC2(C)C. The molecule has 9 aromatic rings. The normalized spacial score (nSPS) is 17.9. The van der Waals surface area contributed by atoms with Crippen molar-refractivity contribution in [2.45, 2.75) is 89.9 Å². The highest BCUT2D eigenvalue weighted by atomic mass is 32.1. The standard InChI is InChI=1S/C60H51BNS/c1-33-29-45-46(59(4,5)28-27-58(45,2)3)32-49(33)62-48-25-26-51-54(39-18-11-13-22-50(39)63-51)53(48)43-31-41-37-17-10-12-20-44(37)60(6,7)56(41)55-42-30-40-35-16-9-8-15-34(35)23-24-36(40)38-19-14-21-47(52(38)42)61-57(43)55/h8-26,29,31-32,42,62H,27-28,30H2,1-7H3. The molecular formula is C60H51BNS. The zero-order valence-corrected chi connectivity index (χ0v) is 38.2. The highest BCUT2D eigenvalue weighted by Crippen LogP contribution is 2.57. The van der Waals surface area contributed by atoms with Gasteiger partial charge in [-0.3, -0.25) is 0 Å². The number of hydrogen-bond donors (Lipinski definition) is 1. The zero-order chi connectivity index (χ0) is 42.7. The van der Waals surface area contributed by atoms with Crippen LogP contribution in [0.2, 0.25) is 0 Å². The number of benzene rings is 8. The Balaban J connectivity index is 1.13. The largest absolute Gasteiger partial charge is 0.355 e. The van der Waals surface area contributed by atoms with Crippen LogP contribution in [0.4, 0.5) is 11.4 Å². The van der Waals surface area contributed by atoms with Gasteiger partial charge in [0.25, 0.3) is 0 Å². The number of aryl methyl sites for hydroxylation is 1. The lowest BCUT2D eigenvalue weighted by Gasteiger charge is -2.42. The van der Waals surface area contributed by atoms with Crippen LogP contribution in [0, 0.1) is 6.92 Å². The maximum atomic E-state index is 4.20. The van der Waals surface area contributed by atoms with E-state index in [0.717, 1.165) is 6.42 Å². The van der Waals surface area contributed by atoms with Gasteiger partial charge in [-0.2, -0.15) is 0 Å². The van der Waals surface area contributed by atoms with Crippen LogP contribution in [-0.4, -0.2) is 7.28 Å². The zero-order valence-electron chi connectivity index (χ0n) is 37.4. The molecule has 2 heterocycles. The Hall–Kier alpha value is -5.90. The third kappa shape index (κ3) is 5.18. The minimum absolute atomic E-state index is 0.107.